The number of amides is 1. The first-order valence-corrected chi connectivity index (χ1v) is 13.0. The van der Waals surface area contributed by atoms with Gasteiger partial charge in [-0.1, -0.05) is 6.92 Å². The van der Waals surface area contributed by atoms with E-state index >= 15 is 0 Å². The van der Waals surface area contributed by atoms with Crippen LogP contribution in [0.1, 0.15) is 38.4 Å². The van der Waals surface area contributed by atoms with Crippen LogP contribution in [0.3, 0.4) is 0 Å². The van der Waals surface area contributed by atoms with E-state index in [0.717, 1.165) is 19.5 Å². The molecule has 0 radical (unpaired) electrons. The number of methoxy groups -OCH3 is 1. The van der Waals surface area contributed by atoms with E-state index in [1.54, 1.807) is 4.72 Å². The fourth-order valence-electron chi connectivity index (χ4n) is 5.93. The second-order valence-corrected chi connectivity index (χ2v) is 11.2. The molecule has 0 aromatic carbocycles. The van der Waals surface area contributed by atoms with Crippen molar-refractivity contribution in [2.75, 3.05) is 13.7 Å². The maximum absolute atomic E-state index is 13.7. The molecule has 3 fully saturated rings. The Kier molecular flexibility index (Phi) is 7.45. The lowest BCUT2D eigenvalue weighted by molar-refractivity contribution is -0.0239. The fourth-order valence-corrected chi connectivity index (χ4v) is 6.71. The summed E-state index contributed by atoms with van der Waals surface area (Å²) in [4.78, 5) is 21.3. The van der Waals surface area contributed by atoms with Gasteiger partial charge in [0.05, 0.1) is 44.3 Å². The van der Waals surface area contributed by atoms with Gasteiger partial charge in [0.2, 0.25) is 0 Å². The van der Waals surface area contributed by atoms with Crippen molar-refractivity contribution in [3.8, 4) is 0 Å². The van der Waals surface area contributed by atoms with Gasteiger partial charge in [0.25, 0.3) is 16.4 Å². The van der Waals surface area contributed by atoms with Gasteiger partial charge in [0, 0.05) is 11.5 Å². The molecule has 7 atom stereocenters. The van der Waals surface area contributed by atoms with Crippen LogP contribution >= 0.6 is 0 Å². The molecule has 0 unspecified atom stereocenters. The number of rotatable bonds is 8. The van der Waals surface area contributed by atoms with Crippen molar-refractivity contribution in [2.24, 2.45) is 11.8 Å². The molecule has 2 heterocycles. The molecular weight excluding hydrogens is 515 g/mol. The summed E-state index contributed by atoms with van der Waals surface area (Å²) in [6.45, 7) is 1.67. The third-order valence-electron chi connectivity index (χ3n) is 7.81. The van der Waals surface area contributed by atoms with Crippen LogP contribution in [0.5, 0.6) is 0 Å². The minimum atomic E-state index is -5.12. The number of carbonyl (C=O) groups excluding carboxylic acids is 1. The number of sulfonamides is 1. The maximum Gasteiger partial charge on any atom is 0.410 e. The molecule has 1 amide bonds. The smallest absolute Gasteiger partial charge is 0.410 e. The first kappa shape index (κ1) is 26.9. The first-order valence-electron chi connectivity index (χ1n) is 11.5. The number of aromatic nitrogens is 2. The fraction of sp³-hybridized carbons (Fsp3) is 0.762. The summed E-state index contributed by atoms with van der Waals surface area (Å²) in [6.07, 6.45) is -1.20. The van der Waals surface area contributed by atoms with E-state index in [4.69, 9.17) is 4.74 Å². The minimum Gasteiger partial charge on any atom is -0.453 e. The van der Waals surface area contributed by atoms with Gasteiger partial charge in [-0.2, -0.15) is 8.78 Å². The van der Waals surface area contributed by atoms with Gasteiger partial charge in [0.1, 0.15) is 5.82 Å². The average molecular weight is 543 g/mol. The van der Waals surface area contributed by atoms with Crippen LogP contribution < -0.4 is 4.72 Å². The molecule has 1 aromatic rings. The number of carbonyl (C=O) groups is 1. The Labute approximate surface area is 204 Å². The van der Waals surface area contributed by atoms with Crippen LogP contribution in [-0.4, -0.2) is 79.5 Å². The van der Waals surface area contributed by atoms with Crippen molar-refractivity contribution in [1.29, 1.82) is 0 Å². The normalized spacial score (nSPS) is 34.2. The molecule has 2 saturated carbocycles. The van der Waals surface area contributed by atoms with Gasteiger partial charge in [-0.05, 0) is 37.5 Å². The lowest BCUT2D eigenvalue weighted by Gasteiger charge is -2.33. The second kappa shape index (κ2) is 9.97. The molecule has 2 aliphatic carbocycles. The van der Waals surface area contributed by atoms with E-state index in [1.807, 2.05) is 6.92 Å². The zero-order valence-electron chi connectivity index (χ0n) is 19.5. The van der Waals surface area contributed by atoms with Gasteiger partial charge in [-0.3, -0.25) is 4.90 Å². The number of likely N-dealkylation sites (tertiary alicyclic amines) is 1. The van der Waals surface area contributed by atoms with Gasteiger partial charge >= 0.3 is 11.9 Å². The standard InChI is InChI=1S/C21H27F5N4O5S/c1-10-13-5-12(3-4-21(10,13)18-27-7-11(22)8-28-18)35-9-16-14(29-36(32,33)19(25)26)6-15(17(23)24)30(16)20(31)34-2/h7-8,10,12-17,19,29H,3-6,9H2,1-2H3/t10-,12-,13+,14-,15-,16-,21+/m0/s1. The van der Waals surface area contributed by atoms with Crippen molar-refractivity contribution < 1.29 is 44.6 Å². The van der Waals surface area contributed by atoms with Crippen LogP contribution in [0.25, 0.3) is 0 Å². The summed E-state index contributed by atoms with van der Waals surface area (Å²) in [5, 5.41) is 0. The van der Waals surface area contributed by atoms with E-state index in [-0.39, 0.29) is 30.0 Å². The number of ether oxygens (including phenoxy) is 2. The number of fused-ring (bicyclic) bond motifs is 1. The van der Waals surface area contributed by atoms with E-state index in [9.17, 15) is 35.2 Å². The molecule has 1 aliphatic heterocycles. The van der Waals surface area contributed by atoms with E-state index in [2.05, 4.69) is 14.7 Å². The number of hydrogen-bond donors (Lipinski definition) is 1. The molecule has 9 nitrogen and oxygen atoms in total. The van der Waals surface area contributed by atoms with Crippen molar-refractivity contribution in [3.63, 3.8) is 0 Å². The summed E-state index contributed by atoms with van der Waals surface area (Å²) >= 11 is 0. The van der Waals surface area contributed by atoms with Gasteiger partial charge in [0.15, 0.2) is 5.82 Å². The number of halogens is 5. The highest BCUT2D eigenvalue weighted by Crippen LogP contribution is 2.66. The van der Waals surface area contributed by atoms with Crippen molar-refractivity contribution in [3.05, 3.63) is 24.0 Å². The van der Waals surface area contributed by atoms with Crippen molar-refractivity contribution >= 4 is 16.1 Å². The largest absolute Gasteiger partial charge is 0.453 e. The summed E-state index contributed by atoms with van der Waals surface area (Å²) in [6, 6.07) is -4.44. The van der Waals surface area contributed by atoms with Gasteiger partial charge < -0.3 is 9.47 Å². The Morgan fingerprint density at radius 1 is 1.25 bits per heavy atom. The first-order chi connectivity index (χ1) is 16.9. The SMILES string of the molecule is COC(=O)N1[C@H](C(F)F)C[C@H](NS(=O)(=O)C(F)F)[C@@H]1CO[C@H]1CC[C@]2(c3ncc(F)cn3)[C@H](C1)[C@@H]2C. The third-order valence-corrected chi connectivity index (χ3v) is 8.91. The zero-order valence-corrected chi connectivity index (χ0v) is 20.3. The van der Waals surface area contributed by atoms with E-state index < -0.39 is 58.7 Å². The second-order valence-electron chi connectivity index (χ2n) is 9.50. The molecule has 15 heteroatoms. The molecule has 3 aliphatic rings. The van der Waals surface area contributed by atoms with Crippen LogP contribution in [0, 0.1) is 17.7 Å². The van der Waals surface area contributed by atoms with Crippen molar-refractivity contribution in [2.45, 2.75) is 74.4 Å². The summed E-state index contributed by atoms with van der Waals surface area (Å²) in [5.41, 5.74) is -0.310. The Hall–Kier alpha value is -2.13. The van der Waals surface area contributed by atoms with Crippen LogP contribution in [0.2, 0.25) is 0 Å². The predicted octanol–water partition coefficient (Wildman–Crippen LogP) is 2.67. The van der Waals surface area contributed by atoms with Gasteiger partial charge in [-0.25, -0.2) is 41.1 Å². The molecule has 0 spiro atoms. The molecule has 202 valence electrons. The molecule has 0 bridgehead atoms. The maximum atomic E-state index is 13.7. The lowest BCUT2D eigenvalue weighted by Crippen LogP contribution is -2.52. The number of alkyl halides is 4. The topological polar surface area (TPSA) is 111 Å². The Bertz CT molecular complexity index is 1070. The summed E-state index contributed by atoms with van der Waals surface area (Å²) in [5.74, 6) is -3.43. The average Bonchev–Trinajstić information content (AvgIpc) is 3.25. The van der Waals surface area contributed by atoms with Crippen molar-refractivity contribution in [1.82, 2.24) is 19.6 Å². The highest BCUT2D eigenvalue weighted by molar-refractivity contribution is 7.89. The molecule has 36 heavy (non-hydrogen) atoms. The molecule has 1 saturated heterocycles. The Morgan fingerprint density at radius 3 is 2.47 bits per heavy atom. The molecular formula is C21H27F5N4O5S. The highest BCUT2D eigenvalue weighted by Gasteiger charge is 2.66. The predicted molar refractivity (Wildman–Crippen MR) is 114 cm³/mol. The number of nitrogens with one attached hydrogen (secondary N) is 1. The molecule has 4 rings (SSSR count). The summed E-state index contributed by atoms with van der Waals surface area (Å²) < 4.78 is 102. The van der Waals surface area contributed by atoms with E-state index in [1.165, 1.54) is 0 Å². The minimum absolute atomic E-state index is 0.129. The van der Waals surface area contributed by atoms with Gasteiger partial charge in [-0.15, -0.1) is 0 Å². The molecule has 1 aromatic heterocycles. The van der Waals surface area contributed by atoms with Crippen LogP contribution in [0.15, 0.2) is 12.4 Å². The third kappa shape index (κ3) is 4.76. The lowest BCUT2D eigenvalue weighted by atomic mass is 9.85. The number of nitrogens with zero attached hydrogens (tertiary/aromatic N) is 3. The number of hydrogen-bond acceptors (Lipinski definition) is 7. The monoisotopic (exact) mass is 542 g/mol. The zero-order chi connectivity index (χ0) is 26.4. The van der Waals surface area contributed by atoms with Crippen LogP contribution in [-0.2, 0) is 24.9 Å². The van der Waals surface area contributed by atoms with Crippen LogP contribution in [0.4, 0.5) is 26.7 Å². The Balaban J connectivity index is 1.47. The molecule has 1 N–H and O–H groups in total. The summed E-state index contributed by atoms with van der Waals surface area (Å²) in [7, 11) is -4.14. The van der Waals surface area contributed by atoms with E-state index in [0.29, 0.717) is 30.0 Å². The Morgan fingerprint density at radius 2 is 1.92 bits per heavy atom. The highest BCUT2D eigenvalue weighted by atomic mass is 32.2. The quantitative estimate of drug-likeness (QED) is 0.503.